The Hall–Kier alpha value is -3.79. The Morgan fingerprint density at radius 3 is 2.57 bits per heavy atom. The Balaban J connectivity index is 1.81. The van der Waals surface area contributed by atoms with E-state index in [1.165, 1.54) is 18.2 Å². The molecule has 44 heavy (non-hydrogen) atoms. The number of aliphatic hydroxyl groups excluding tert-OH is 1. The molecule has 13 heteroatoms. The number of anilines is 1. The van der Waals surface area contributed by atoms with Crippen LogP contribution in [0.15, 0.2) is 42.5 Å². The molecule has 3 rings (SSSR count). The Labute approximate surface area is 263 Å². The van der Waals surface area contributed by atoms with Crippen molar-refractivity contribution < 1.29 is 37.3 Å². The van der Waals surface area contributed by atoms with Crippen LogP contribution >= 0.6 is 11.6 Å². The number of nitriles is 1. The van der Waals surface area contributed by atoms with Crippen LogP contribution in [-0.2, 0) is 30.7 Å². The Morgan fingerprint density at radius 1 is 1.23 bits per heavy atom. The highest BCUT2D eigenvalue weighted by molar-refractivity contribution is 7.93. The summed E-state index contributed by atoms with van der Waals surface area (Å²) < 4.78 is 44.3. The fourth-order valence-electron chi connectivity index (χ4n) is 4.42. The van der Waals surface area contributed by atoms with Crippen LogP contribution in [0, 0.1) is 11.3 Å². The summed E-state index contributed by atoms with van der Waals surface area (Å²) in [6.07, 6.45) is 2.32. The highest BCUT2D eigenvalue weighted by Gasteiger charge is 2.29. The minimum atomic E-state index is -4.17. The van der Waals surface area contributed by atoms with E-state index in [0.29, 0.717) is 37.1 Å². The number of sulfonamides is 1. The highest BCUT2D eigenvalue weighted by Crippen LogP contribution is 2.37. The van der Waals surface area contributed by atoms with Crippen molar-refractivity contribution in [3.63, 3.8) is 0 Å². The molecule has 1 aliphatic rings. The molecule has 2 aromatic rings. The molecule has 2 aromatic carbocycles. The number of benzene rings is 2. The topological polar surface area (TPSA) is 155 Å². The van der Waals surface area contributed by atoms with Crippen LogP contribution in [0.3, 0.4) is 0 Å². The summed E-state index contributed by atoms with van der Waals surface area (Å²) in [5.41, 5.74) is 0.883. The quantitative estimate of drug-likeness (QED) is 0.324. The molecular formula is C31H38ClN3O8S. The third-order valence-corrected chi connectivity index (χ3v) is 7.97. The fraction of sp³-hybridized carbons (Fsp3) is 0.452. The van der Waals surface area contributed by atoms with E-state index in [4.69, 9.17) is 31.1 Å². The number of carbonyl (C=O) groups is 2. The molecule has 0 radical (unpaired) electrons. The van der Waals surface area contributed by atoms with Crippen molar-refractivity contribution >= 4 is 45.5 Å². The maximum absolute atomic E-state index is 12.7. The summed E-state index contributed by atoms with van der Waals surface area (Å²) >= 11 is 6.76. The van der Waals surface area contributed by atoms with Gasteiger partial charge in [-0.15, -0.1) is 0 Å². The maximum Gasteiger partial charge on any atom is 0.410 e. The maximum atomic E-state index is 12.7. The Kier molecular flexibility index (Phi) is 12.0. The van der Waals surface area contributed by atoms with Gasteiger partial charge in [0.2, 0.25) is 10.0 Å². The van der Waals surface area contributed by atoms with E-state index in [1.54, 1.807) is 62.9 Å². The SMILES string of the molecule is CCOC(=O)CS(=O)(=O)Nc1ccc(OC2CCN(C(=O)OC(C)(C)C)CC2)c(Cl)c1CC(O)/C=C/c1cccc(C#N)c1. The second-order valence-electron chi connectivity index (χ2n) is 11.2. The lowest BCUT2D eigenvalue weighted by Gasteiger charge is -2.33. The zero-order chi connectivity index (χ0) is 32.5. The predicted octanol–water partition coefficient (Wildman–Crippen LogP) is 4.91. The van der Waals surface area contributed by atoms with Crippen molar-refractivity contribution in [2.24, 2.45) is 0 Å². The summed E-state index contributed by atoms with van der Waals surface area (Å²) in [4.78, 5) is 25.9. The van der Waals surface area contributed by atoms with Gasteiger partial charge in [0.15, 0.2) is 5.75 Å². The van der Waals surface area contributed by atoms with Crippen molar-refractivity contribution in [1.82, 2.24) is 4.90 Å². The van der Waals surface area contributed by atoms with Crippen LogP contribution in [-0.4, -0.2) is 73.7 Å². The van der Waals surface area contributed by atoms with Gasteiger partial charge in [0, 0.05) is 37.9 Å². The molecule has 238 valence electrons. The number of amides is 1. The zero-order valence-corrected chi connectivity index (χ0v) is 26.8. The number of carbonyl (C=O) groups excluding carboxylic acids is 2. The second-order valence-corrected chi connectivity index (χ2v) is 13.3. The summed E-state index contributed by atoms with van der Waals surface area (Å²) in [6, 6.07) is 11.8. The van der Waals surface area contributed by atoms with Crippen LogP contribution in [0.2, 0.25) is 5.02 Å². The first kappa shape index (κ1) is 34.7. The van der Waals surface area contributed by atoms with Crippen molar-refractivity contribution in [2.75, 3.05) is 30.2 Å². The Bertz CT molecular complexity index is 1510. The average molecular weight is 648 g/mol. The number of nitrogens with zero attached hydrogens (tertiary/aromatic N) is 2. The monoisotopic (exact) mass is 647 g/mol. The largest absolute Gasteiger partial charge is 0.489 e. The van der Waals surface area contributed by atoms with E-state index in [9.17, 15) is 23.1 Å². The van der Waals surface area contributed by atoms with Crippen LogP contribution in [0.25, 0.3) is 6.08 Å². The normalized spacial score (nSPS) is 15.0. The minimum Gasteiger partial charge on any atom is -0.489 e. The van der Waals surface area contributed by atoms with Crippen LogP contribution in [0.1, 0.15) is 57.2 Å². The summed E-state index contributed by atoms with van der Waals surface area (Å²) in [5.74, 6) is -1.53. The lowest BCUT2D eigenvalue weighted by molar-refractivity contribution is -0.139. The van der Waals surface area contributed by atoms with Crippen LogP contribution in [0.5, 0.6) is 5.75 Å². The van der Waals surface area contributed by atoms with E-state index in [-0.39, 0.29) is 41.2 Å². The van der Waals surface area contributed by atoms with E-state index in [2.05, 4.69) is 10.8 Å². The molecule has 0 aliphatic carbocycles. The van der Waals surface area contributed by atoms with Gasteiger partial charge >= 0.3 is 12.1 Å². The highest BCUT2D eigenvalue weighted by atomic mass is 35.5. The van der Waals surface area contributed by atoms with Gasteiger partial charge in [0.25, 0.3) is 0 Å². The molecule has 1 atom stereocenters. The lowest BCUT2D eigenvalue weighted by Crippen LogP contribution is -2.44. The molecule has 1 amide bonds. The third kappa shape index (κ3) is 10.7. The van der Waals surface area contributed by atoms with Gasteiger partial charge in [-0.2, -0.15) is 5.26 Å². The molecule has 0 spiro atoms. The summed E-state index contributed by atoms with van der Waals surface area (Å²) in [7, 11) is -4.17. The number of nitrogens with one attached hydrogen (secondary N) is 1. The van der Waals surface area contributed by atoms with Gasteiger partial charge in [0.05, 0.1) is 35.1 Å². The van der Waals surface area contributed by atoms with Gasteiger partial charge in [-0.3, -0.25) is 9.52 Å². The van der Waals surface area contributed by atoms with E-state index < -0.39 is 39.5 Å². The zero-order valence-electron chi connectivity index (χ0n) is 25.2. The molecule has 0 saturated carbocycles. The van der Waals surface area contributed by atoms with Gasteiger partial charge in [0.1, 0.15) is 17.5 Å². The number of esters is 1. The number of hydrogen-bond acceptors (Lipinski definition) is 9. The number of aliphatic hydroxyl groups is 1. The number of likely N-dealkylation sites (tertiary alicyclic amines) is 1. The van der Waals surface area contributed by atoms with Gasteiger partial charge in [-0.05, 0) is 57.5 Å². The summed E-state index contributed by atoms with van der Waals surface area (Å²) in [6.45, 7) is 7.86. The van der Waals surface area contributed by atoms with E-state index in [0.717, 1.165) is 0 Å². The molecule has 11 nitrogen and oxygen atoms in total. The van der Waals surface area contributed by atoms with Crippen molar-refractivity contribution in [2.45, 2.75) is 64.8 Å². The van der Waals surface area contributed by atoms with Crippen molar-refractivity contribution in [3.05, 3.63) is 64.2 Å². The van der Waals surface area contributed by atoms with Gasteiger partial charge in [-0.1, -0.05) is 35.9 Å². The Morgan fingerprint density at radius 2 is 1.93 bits per heavy atom. The smallest absolute Gasteiger partial charge is 0.410 e. The number of rotatable bonds is 11. The fourth-order valence-corrected chi connectivity index (χ4v) is 5.70. The predicted molar refractivity (Wildman–Crippen MR) is 167 cm³/mol. The van der Waals surface area contributed by atoms with Crippen molar-refractivity contribution in [3.8, 4) is 11.8 Å². The minimum absolute atomic E-state index is 0.0317. The van der Waals surface area contributed by atoms with Gasteiger partial charge in [-0.25, -0.2) is 13.2 Å². The first-order valence-corrected chi connectivity index (χ1v) is 16.2. The summed E-state index contributed by atoms with van der Waals surface area (Å²) in [5, 5.41) is 20.1. The molecule has 1 heterocycles. The first-order valence-electron chi connectivity index (χ1n) is 14.2. The molecule has 1 unspecified atom stereocenters. The third-order valence-electron chi connectivity index (χ3n) is 6.41. The molecule has 1 fully saturated rings. The number of ether oxygens (including phenoxy) is 3. The van der Waals surface area contributed by atoms with Crippen LogP contribution in [0.4, 0.5) is 10.5 Å². The van der Waals surface area contributed by atoms with Crippen molar-refractivity contribution in [1.29, 1.82) is 5.26 Å². The standard InChI is InChI=1S/C31H38ClN3O8S/c1-5-41-28(37)20-44(39,40)34-26-11-12-27(42-24-13-15-35(16-14-24)30(38)43-31(2,3)4)29(32)25(26)18-23(36)10-9-21-7-6-8-22(17-21)19-33/h6-12,17,23-24,34,36H,5,13-16,18,20H2,1-4H3/b10-9+. The number of piperidine rings is 1. The number of hydrogen-bond donors (Lipinski definition) is 2. The van der Waals surface area contributed by atoms with E-state index in [1.807, 2.05) is 0 Å². The number of halogens is 1. The second kappa shape index (κ2) is 15.3. The van der Waals surface area contributed by atoms with Crippen LogP contribution < -0.4 is 9.46 Å². The molecule has 1 saturated heterocycles. The first-order chi connectivity index (χ1) is 20.7. The molecular weight excluding hydrogens is 610 g/mol. The lowest BCUT2D eigenvalue weighted by atomic mass is 10.0. The molecule has 1 aliphatic heterocycles. The average Bonchev–Trinajstić information content (AvgIpc) is 2.94. The van der Waals surface area contributed by atoms with Gasteiger partial charge < -0.3 is 24.2 Å². The molecule has 2 N–H and O–H groups in total. The molecule has 0 bridgehead atoms. The van der Waals surface area contributed by atoms with E-state index >= 15 is 0 Å². The molecule has 0 aromatic heterocycles.